The number of carbonyl (C=O) groups excluding carboxylic acids is 1. The van der Waals surface area contributed by atoms with Crippen LogP contribution in [0.15, 0.2) is 45.4 Å². The molecule has 1 aromatic carbocycles. The quantitative estimate of drug-likeness (QED) is 0.139. The van der Waals surface area contributed by atoms with Gasteiger partial charge in [0.1, 0.15) is 18.1 Å². The van der Waals surface area contributed by atoms with E-state index in [0.29, 0.717) is 25.1 Å². The van der Waals surface area contributed by atoms with Crippen molar-refractivity contribution < 1.29 is 32.6 Å². The van der Waals surface area contributed by atoms with E-state index in [0.717, 1.165) is 35.7 Å². The van der Waals surface area contributed by atoms with Gasteiger partial charge in [0.05, 0.1) is 19.3 Å². The summed E-state index contributed by atoms with van der Waals surface area (Å²) in [6.45, 7) is 6.10. The van der Waals surface area contributed by atoms with Gasteiger partial charge in [-0.1, -0.05) is 29.3 Å². The maximum Gasteiger partial charge on any atom is 0.459 e. The number of anilines is 1. The second-order valence-corrected chi connectivity index (χ2v) is 14.3. The van der Waals surface area contributed by atoms with Crippen molar-refractivity contribution in [2.75, 3.05) is 25.6 Å². The molecule has 2 fully saturated rings. The van der Waals surface area contributed by atoms with Crippen molar-refractivity contribution in [2.45, 2.75) is 77.7 Å². The van der Waals surface area contributed by atoms with E-state index in [4.69, 9.17) is 29.0 Å². The number of nitrogens with one attached hydrogen (secondary N) is 2. The largest absolute Gasteiger partial charge is 0.462 e. The van der Waals surface area contributed by atoms with Crippen LogP contribution in [-0.2, 0) is 28.1 Å². The maximum absolute atomic E-state index is 14.3. The SMILES string of the molecule is CCC[C@H](C)OC(=O)[C@H](C)N[P@](=O)(OCC1(COC2CCCCO2)C/C1=C/n1cnc2c(=O)[nH]c(N)nc21)Oc1ccc(Br)cc1. The Morgan fingerprint density at radius 1 is 1.30 bits per heavy atom. The Kier molecular flexibility index (Phi) is 11.0. The lowest BCUT2D eigenvalue weighted by Crippen LogP contribution is -2.37. The van der Waals surface area contributed by atoms with Gasteiger partial charge >= 0.3 is 13.7 Å². The van der Waals surface area contributed by atoms with Crippen LogP contribution >= 0.6 is 23.7 Å². The van der Waals surface area contributed by atoms with Crippen molar-refractivity contribution in [3.63, 3.8) is 0 Å². The number of carbonyl (C=O) groups is 1. The van der Waals surface area contributed by atoms with Gasteiger partial charge in [0.25, 0.3) is 5.56 Å². The number of benzene rings is 1. The number of ether oxygens (including phenoxy) is 3. The standard InChI is InChI=1S/C30H40BrN6O8P/c1-4-7-19(2)44-28(39)20(3)36-46(40,45-23-11-9-22(31)10-12-23)43-17-30(16-42-24-8-5-6-13-41-24)14-21(30)15-37-18-33-25-26(37)34-29(32)35-27(25)38/h9-12,15,18-20,24H,4-8,13-14,16-17H2,1-3H3,(H,36,40)(H3,32,34,35,38)/b21-15-/t19-,20-,24?,30?,46-/m0/s1. The molecule has 2 aromatic heterocycles. The van der Waals surface area contributed by atoms with Gasteiger partial charge < -0.3 is 24.5 Å². The molecule has 1 aliphatic carbocycles. The van der Waals surface area contributed by atoms with Crippen LogP contribution in [0, 0.1) is 5.41 Å². The van der Waals surface area contributed by atoms with Crippen molar-refractivity contribution >= 4 is 53.0 Å². The van der Waals surface area contributed by atoms with Gasteiger partial charge in [0, 0.05) is 22.7 Å². The lowest BCUT2D eigenvalue weighted by molar-refractivity contribution is -0.171. The second-order valence-electron chi connectivity index (χ2n) is 11.7. The first-order valence-corrected chi connectivity index (χ1v) is 17.7. The fourth-order valence-electron chi connectivity index (χ4n) is 5.12. The third-order valence-corrected chi connectivity index (χ3v) is 9.93. The number of nitrogen functional groups attached to an aromatic ring is 1. The van der Waals surface area contributed by atoms with Gasteiger partial charge in [-0.15, -0.1) is 0 Å². The number of hydrogen-bond donors (Lipinski definition) is 3. The first-order valence-electron chi connectivity index (χ1n) is 15.3. The van der Waals surface area contributed by atoms with Crippen LogP contribution in [0.25, 0.3) is 17.4 Å². The van der Waals surface area contributed by atoms with E-state index in [9.17, 15) is 14.2 Å². The van der Waals surface area contributed by atoms with E-state index in [1.165, 1.54) is 6.33 Å². The Morgan fingerprint density at radius 3 is 2.80 bits per heavy atom. The molecule has 3 aromatic rings. The summed E-state index contributed by atoms with van der Waals surface area (Å²) in [5.41, 5.74) is 5.93. The maximum atomic E-state index is 14.3. The highest BCUT2D eigenvalue weighted by Crippen LogP contribution is 2.57. The number of halogens is 1. The fourth-order valence-corrected chi connectivity index (χ4v) is 6.96. The van der Waals surface area contributed by atoms with Crippen LogP contribution in [0.4, 0.5) is 5.95 Å². The van der Waals surface area contributed by atoms with Crippen LogP contribution < -0.4 is 20.9 Å². The summed E-state index contributed by atoms with van der Waals surface area (Å²) in [4.78, 5) is 36.0. The molecule has 0 amide bonds. The molecule has 250 valence electrons. The summed E-state index contributed by atoms with van der Waals surface area (Å²) in [6.07, 6.45) is 7.40. The van der Waals surface area contributed by atoms with Gasteiger partial charge in [-0.05, 0) is 75.8 Å². The number of rotatable bonds is 15. The minimum atomic E-state index is -4.16. The normalized spacial score (nSPS) is 23.1. The zero-order valence-corrected chi connectivity index (χ0v) is 28.6. The number of nitrogens with zero attached hydrogens (tertiary/aromatic N) is 3. The van der Waals surface area contributed by atoms with Crippen molar-refractivity contribution in [1.82, 2.24) is 24.6 Å². The topological polar surface area (TPSA) is 182 Å². The van der Waals surface area contributed by atoms with E-state index in [1.807, 2.05) is 13.8 Å². The summed E-state index contributed by atoms with van der Waals surface area (Å²) < 4.78 is 46.2. The first kappa shape index (κ1) is 34.3. The second kappa shape index (κ2) is 14.8. The molecular formula is C30H40BrN6O8P. The van der Waals surface area contributed by atoms with Crippen LogP contribution in [0.1, 0.15) is 59.3 Å². The van der Waals surface area contributed by atoms with Crippen LogP contribution in [-0.4, -0.2) is 63.7 Å². The molecule has 14 nitrogen and oxygen atoms in total. The molecule has 0 spiro atoms. The molecule has 0 radical (unpaired) electrons. The number of imidazole rings is 1. The van der Waals surface area contributed by atoms with Gasteiger partial charge in [-0.25, -0.2) is 9.55 Å². The zero-order valence-electron chi connectivity index (χ0n) is 26.1. The molecule has 1 aliphatic heterocycles. The van der Waals surface area contributed by atoms with E-state index in [2.05, 4.69) is 36.0 Å². The van der Waals surface area contributed by atoms with Crippen molar-refractivity contribution in [2.24, 2.45) is 5.41 Å². The average molecular weight is 724 g/mol. The van der Waals surface area contributed by atoms with E-state index >= 15 is 0 Å². The third-order valence-electron chi connectivity index (χ3n) is 7.78. The molecule has 5 atom stereocenters. The van der Waals surface area contributed by atoms with Crippen molar-refractivity contribution in [1.29, 1.82) is 0 Å². The summed E-state index contributed by atoms with van der Waals surface area (Å²) in [5, 5.41) is 2.77. The molecule has 0 bridgehead atoms. The molecule has 1 saturated carbocycles. The average Bonchev–Trinajstić information content (AvgIpc) is 3.55. The number of fused-ring (bicyclic) bond motifs is 1. The molecule has 5 rings (SSSR count). The molecule has 1 saturated heterocycles. The minimum absolute atomic E-state index is 0.0327. The molecular weight excluding hydrogens is 683 g/mol. The predicted octanol–water partition coefficient (Wildman–Crippen LogP) is 5.15. The minimum Gasteiger partial charge on any atom is -0.462 e. The third kappa shape index (κ3) is 8.64. The predicted molar refractivity (Wildman–Crippen MR) is 175 cm³/mol. The summed E-state index contributed by atoms with van der Waals surface area (Å²) in [6, 6.07) is 5.77. The van der Waals surface area contributed by atoms with E-state index in [-0.39, 0.29) is 42.8 Å². The number of aromatic nitrogens is 4. The van der Waals surface area contributed by atoms with Gasteiger partial charge in [0.2, 0.25) is 5.95 Å². The smallest absolute Gasteiger partial charge is 0.459 e. The Labute approximate surface area is 275 Å². The van der Waals surface area contributed by atoms with E-state index in [1.54, 1.807) is 42.0 Å². The van der Waals surface area contributed by atoms with E-state index < -0.39 is 30.7 Å². The number of nitrogens with two attached hydrogens (primary N) is 1. The highest BCUT2D eigenvalue weighted by molar-refractivity contribution is 9.10. The highest BCUT2D eigenvalue weighted by Gasteiger charge is 2.52. The Morgan fingerprint density at radius 2 is 2.09 bits per heavy atom. The summed E-state index contributed by atoms with van der Waals surface area (Å²) in [7, 11) is -4.16. The number of esters is 1. The Bertz CT molecular complexity index is 1660. The summed E-state index contributed by atoms with van der Waals surface area (Å²) in [5.74, 6) is -0.322. The van der Waals surface area contributed by atoms with Gasteiger partial charge in [0.15, 0.2) is 17.5 Å². The number of aromatic amines is 1. The highest BCUT2D eigenvalue weighted by atomic mass is 79.9. The summed E-state index contributed by atoms with van der Waals surface area (Å²) >= 11 is 3.39. The lowest BCUT2D eigenvalue weighted by Gasteiger charge is -2.27. The molecule has 16 heteroatoms. The van der Waals surface area contributed by atoms with Gasteiger partial charge in [-0.3, -0.25) is 23.7 Å². The molecule has 3 heterocycles. The van der Waals surface area contributed by atoms with Crippen LogP contribution in [0.5, 0.6) is 5.75 Å². The number of hydrogen-bond acceptors (Lipinski definition) is 11. The van der Waals surface area contributed by atoms with Gasteiger partial charge in [-0.2, -0.15) is 10.1 Å². The molecule has 2 unspecified atom stereocenters. The molecule has 46 heavy (non-hydrogen) atoms. The zero-order chi connectivity index (χ0) is 32.9. The van der Waals surface area contributed by atoms with Crippen molar-refractivity contribution in [3.05, 3.63) is 51.0 Å². The monoisotopic (exact) mass is 722 g/mol. The van der Waals surface area contributed by atoms with Crippen molar-refractivity contribution in [3.8, 4) is 5.75 Å². The fraction of sp³-hybridized carbons (Fsp3) is 0.533. The number of H-pyrrole nitrogens is 1. The first-order chi connectivity index (χ1) is 22.0. The molecule has 4 N–H and O–H groups in total. The Hall–Kier alpha value is -3.07. The van der Waals surface area contributed by atoms with Crippen LogP contribution in [0.3, 0.4) is 0 Å². The lowest BCUT2D eigenvalue weighted by atomic mass is 10.1. The molecule has 2 aliphatic rings. The van der Waals surface area contributed by atoms with Crippen LogP contribution in [0.2, 0.25) is 0 Å². The Balaban J connectivity index is 1.39.